The Morgan fingerprint density at radius 1 is 1.28 bits per heavy atom. The normalized spacial score (nSPS) is 10.6. The Balaban J connectivity index is 1.89. The lowest BCUT2D eigenvalue weighted by atomic mass is 10.3. The zero-order valence-electron chi connectivity index (χ0n) is 16.4. The summed E-state index contributed by atoms with van der Waals surface area (Å²) in [7, 11) is 0. The van der Waals surface area contributed by atoms with Gasteiger partial charge in [-0.05, 0) is 38.2 Å². The number of nitro groups is 1. The van der Waals surface area contributed by atoms with Crippen LogP contribution >= 0.6 is 0 Å². The molecular weight excluding hydrogens is 381 g/mol. The van der Waals surface area contributed by atoms with E-state index in [1.165, 1.54) is 24.4 Å². The number of carbonyl (C=O) groups excluding carboxylic acids is 1. The molecule has 0 saturated carbocycles. The van der Waals surface area contributed by atoms with Gasteiger partial charge in [-0.1, -0.05) is 13.8 Å². The Labute approximate surface area is 168 Å². The summed E-state index contributed by atoms with van der Waals surface area (Å²) in [5.74, 6) is -0.583. The van der Waals surface area contributed by atoms with Crippen LogP contribution in [0.4, 0.5) is 20.7 Å². The second kappa shape index (κ2) is 10.9. The summed E-state index contributed by atoms with van der Waals surface area (Å²) in [5.41, 5.74) is -0.371. The van der Waals surface area contributed by atoms with Gasteiger partial charge in [0.15, 0.2) is 11.6 Å². The highest BCUT2D eigenvalue weighted by Crippen LogP contribution is 2.28. The number of ether oxygens (including phenoxy) is 1. The van der Waals surface area contributed by atoms with E-state index in [1.54, 1.807) is 0 Å². The Hall–Kier alpha value is -3.27. The molecule has 0 bridgehead atoms. The highest BCUT2D eigenvalue weighted by Gasteiger charge is 2.13. The number of halogens is 1. The maximum Gasteiger partial charge on any atom is 0.320 e. The van der Waals surface area contributed by atoms with E-state index in [9.17, 15) is 19.3 Å². The summed E-state index contributed by atoms with van der Waals surface area (Å²) in [4.78, 5) is 28.2. The first kappa shape index (κ1) is 22.0. The largest absolute Gasteiger partial charge is 0.454 e. The third kappa shape index (κ3) is 7.00. The molecule has 0 saturated heterocycles. The number of amides is 2. The Kier molecular flexibility index (Phi) is 8.28. The first-order chi connectivity index (χ1) is 13.9. The van der Waals surface area contributed by atoms with E-state index in [0.29, 0.717) is 6.54 Å². The van der Waals surface area contributed by atoms with Crippen molar-refractivity contribution in [2.45, 2.75) is 20.3 Å². The van der Waals surface area contributed by atoms with Gasteiger partial charge in [0.25, 0.3) is 5.69 Å². The fraction of sp³-hybridized carbons (Fsp3) is 0.368. The highest BCUT2D eigenvalue weighted by molar-refractivity contribution is 5.88. The molecule has 9 nitrogen and oxygen atoms in total. The molecule has 0 aliphatic rings. The first-order valence-electron chi connectivity index (χ1n) is 9.28. The molecule has 1 aromatic carbocycles. The number of hydrogen-bond donors (Lipinski definition) is 2. The molecule has 29 heavy (non-hydrogen) atoms. The number of non-ortho nitro benzene ring substituents is 1. The molecule has 0 fully saturated rings. The molecule has 0 atom stereocenters. The van der Waals surface area contributed by atoms with E-state index in [0.717, 1.165) is 38.2 Å². The van der Waals surface area contributed by atoms with Crippen molar-refractivity contribution in [2.24, 2.45) is 0 Å². The van der Waals surface area contributed by atoms with Gasteiger partial charge in [0, 0.05) is 24.9 Å². The molecule has 0 unspecified atom stereocenters. The van der Waals surface area contributed by atoms with Gasteiger partial charge in [-0.15, -0.1) is 0 Å². The number of nitrogens with zero attached hydrogens (tertiary/aromatic N) is 3. The molecule has 0 spiro atoms. The van der Waals surface area contributed by atoms with Gasteiger partial charge in [-0.25, -0.2) is 14.2 Å². The van der Waals surface area contributed by atoms with Gasteiger partial charge in [-0.2, -0.15) is 0 Å². The summed E-state index contributed by atoms with van der Waals surface area (Å²) in [6.45, 7) is 7.53. The summed E-state index contributed by atoms with van der Waals surface area (Å²) in [6, 6.07) is 5.59. The van der Waals surface area contributed by atoms with E-state index < -0.39 is 16.8 Å². The van der Waals surface area contributed by atoms with Crippen LogP contribution in [0.15, 0.2) is 36.5 Å². The van der Waals surface area contributed by atoms with Gasteiger partial charge < -0.3 is 15.0 Å². The molecule has 0 aliphatic carbocycles. The molecule has 156 valence electrons. The van der Waals surface area contributed by atoms with Crippen molar-refractivity contribution in [1.29, 1.82) is 0 Å². The number of aromatic nitrogens is 1. The van der Waals surface area contributed by atoms with Crippen molar-refractivity contribution < 1.29 is 18.8 Å². The summed E-state index contributed by atoms with van der Waals surface area (Å²) >= 11 is 0. The van der Waals surface area contributed by atoms with Crippen molar-refractivity contribution in [3.8, 4) is 11.5 Å². The average Bonchev–Trinajstić information content (AvgIpc) is 2.70. The molecule has 1 aromatic heterocycles. The molecule has 2 rings (SSSR count). The second-order valence-electron chi connectivity index (χ2n) is 6.11. The van der Waals surface area contributed by atoms with Gasteiger partial charge in [0.1, 0.15) is 11.6 Å². The second-order valence-corrected chi connectivity index (χ2v) is 6.11. The van der Waals surface area contributed by atoms with Gasteiger partial charge >= 0.3 is 6.03 Å². The lowest BCUT2D eigenvalue weighted by Crippen LogP contribution is -2.32. The fourth-order valence-electron chi connectivity index (χ4n) is 2.56. The number of benzene rings is 1. The molecule has 2 amide bonds. The minimum Gasteiger partial charge on any atom is -0.454 e. The van der Waals surface area contributed by atoms with Gasteiger partial charge in [-0.3, -0.25) is 15.4 Å². The van der Waals surface area contributed by atoms with E-state index >= 15 is 0 Å². The Bertz CT molecular complexity index is 845. The molecular formula is C19H24FN5O4. The van der Waals surface area contributed by atoms with Crippen LogP contribution in [0.2, 0.25) is 0 Å². The zero-order valence-corrected chi connectivity index (χ0v) is 16.4. The standard InChI is InChI=1S/C19H24FN5O4/c1-3-24(4-2)11-5-9-22-19(26)23-18-13-15(8-10-21-18)29-17-7-6-14(25(27)28)12-16(17)20/h6-8,10,12-13H,3-5,9,11H2,1-2H3,(H2,21,22,23,26). The van der Waals surface area contributed by atoms with E-state index in [1.807, 2.05) is 0 Å². The molecule has 0 radical (unpaired) electrons. The predicted molar refractivity (Wildman–Crippen MR) is 107 cm³/mol. The molecule has 2 aromatic rings. The minimum atomic E-state index is -0.864. The lowest BCUT2D eigenvalue weighted by molar-refractivity contribution is -0.385. The van der Waals surface area contributed by atoms with Crippen LogP contribution in [0.3, 0.4) is 0 Å². The maximum absolute atomic E-state index is 14.0. The smallest absolute Gasteiger partial charge is 0.320 e. The van der Waals surface area contributed by atoms with Crippen molar-refractivity contribution in [3.63, 3.8) is 0 Å². The number of carbonyl (C=O) groups is 1. The van der Waals surface area contributed by atoms with Crippen molar-refractivity contribution >= 4 is 17.5 Å². The van der Waals surface area contributed by atoms with Crippen molar-refractivity contribution in [2.75, 3.05) is 31.5 Å². The van der Waals surface area contributed by atoms with E-state index in [4.69, 9.17) is 4.74 Å². The lowest BCUT2D eigenvalue weighted by Gasteiger charge is -2.17. The topological polar surface area (TPSA) is 110 Å². The number of hydrogen-bond acceptors (Lipinski definition) is 6. The number of nitrogens with one attached hydrogen (secondary N) is 2. The third-order valence-electron chi connectivity index (χ3n) is 4.16. The van der Waals surface area contributed by atoms with Crippen LogP contribution in [-0.4, -0.2) is 47.0 Å². The number of anilines is 1. The number of rotatable bonds is 10. The summed E-state index contributed by atoms with van der Waals surface area (Å²) in [5, 5.41) is 16.0. The van der Waals surface area contributed by atoms with Crippen LogP contribution in [0.25, 0.3) is 0 Å². The summed E-state index contributed by atoms with van der Waals surface area (Å²) in [6.07, 6.45) is 2.22. The number of urea groups is 1. The predicted octanol–water partition coefficient (Wildman–Crippen LogP) is 3.77. The quantitative estimate of drug-likeness (QED) is 0.354. The van der Waals surface area contributed by atoms with E-state index in [2.05, 4.69) is 34.4 Å². The van der Waals surface area contributed by atoms with E-state index in [-0.39, 0.29) is 23.0 Å². The van der Waals surface area contributed by atoms with Crippen molar-refractivity contribution in [1.82, 2.24) is 15.2 Å². The third-order valence-corrected chi connectivity index (χ3v) is 4.16. The minimum absolute atomic E-state index is 0.173. The van der Waals surface area contributed by atoms with Gasteiger partial charge in [0.05, 0.1) is 11.0 Å². The van der Waals surface area contributed by atoms with Crippen molar-refractivity contribution in [3.05, 3.63) is 52.5 Å². The zero-order chi connectivity index (χ0) is 21.2. The Morgan fingerprint density at radius 2 is 2.03 bits per heavy atom. The Morgan fingerprint density at radius 3 is 2.69 bits per heavy atom. The van der Waals surface area contributed by atoms with Crippen LogP contribution in [0.5, 0.6) is 11.5 Å². The molecule has 0 aliphatic heterocycles. The monoisotopic (exact) mass is 405 g/mol. The first-order valence-corrected chi connectivity index (χ1v) is 9.28. The molecule has 1 heterocycles. The van der Waals surface area contributed by atoms with Crippen LogP contribution in [0, 0.1) is 15.9 Å². The maximum atomic E-state index is 14.0. The number of pyridine rings is 1. The number of nitro benzene ring substituents is 1. The van der Waals surface area contributed by atoms with Gasteiger partial charge in [0.2, 0.25) is 0 Å². The van der Waals surface area contributed by atoms with Crippen LogP contribution < -0.4 is 15.4 Å². The van der Waals surface area contributed by atoms with Crippen LogP contribution in [0.1, 0.15) is 20.3 Å². The highest BCUT2D eigenvalue weighted by atomic mass is 19.1. The SMILES string of the molecule is CCN(CC)CCCNC(=O)Nc1cc(Oc2ccc([N+](=O)[O-])cc2F)ccn1. The molecule has 2 N–H and O–H groups in total. The molecule has 10 heteroatoms. The fourth-order valence-corrected chi connectivity index (χ4v) is 2.56. The average molecular weight is 405 g/mol. The van der Waals surface area contributed by atoms with Crippen LogP contribution in [-0.2, 0) is 0 Å². The summed E-state index contributed by atoms with van der Waals surface area (Å²) < 4.78 is 19.4.